The third kappa shape index (κ3) is 2.91. The molecule has 17 heavy (non-hydrogen) atoms. The van der Waals surface area contributed by atoms with Crippen molar-refractivity contribution >= 4 is 15.9 Å². The Hall–Kier alpha value is -1.22. The molecule has 0 fully saturated rings. The number of aryl methyl sites for hydroxylation is 1. The summed E-state index contributed by atoms with van der Waals surface area (Å²) in [5.41, 5.74) is 3.43. The van der Waals surface area contributed by atoms with E-state index in [2.05, 4.69) is 64.0 Å². The van der Waals surface area contributed by atoms with Crippen LogP contribution in [0, 0.1) is 6.92 Å². The van der Waals surface area contributed by atoms with Crippen LogP contribution in [0.2, 0.25) is 0 Å². The number of halogens is 1. The molecule has 0 saturated heterocycles. The molecule has 0 aliphatic heterocycles. The maximum atomic E-state index is 4.44. The molecule has 2 aromatic rings. The first-order chi connectivity index (χ1) is 8.06. The van der Waals surface area contributed by atoms with Crippen LogP contribution in [0.15, 0.2) is 34.9 Å². The quantitative estimate of drug-likeness (QED) is 0.769. The normalized spacial score (nSPS) is 10.9. The van der Waals surface area contributed by atoms with E-state index in [1.54, 1.807) is 0 Å². The SMILES string of the molecule is Cc1nc(Br)cc(-c2ccc(C(C)C)cc2)n1. The van der Waals surface area contributed by atoms with Gasteiger partial charge in [-0.3, -0.25) is 0 Å². The van der Waals surface area contributed by atoms with Crippen LogP contribution in [-0.2, 0) is 0 Å². The van der Waals surface area contributed by atoms with Gasteiger partial charge in [0.15, 0.2) is 0 Å². The van der Waals surface area contributed by atoms with Gasteiger partial charge in [-0.2, -0.15) is 0 Å². The number of aromatic nitrogens is 2. The molecule has 0 amide bonds. The lowest BCUT2D eigenvalue weighted by molar-refractivity contribution is 0.867. The molecule has 1 heterocycles. The molecule has 0 aliphatic carbocycles. The van der Waals surface area contributed by atoms with Crippen LogP contribution in [0.1, 0.15) is 31.2 Å². The predicted molar refractivity (Wildman–Crippen MR) is 74.0 cm³/mol. The minimum absolute atomic E-state index is 0.558. The lowest BCUT2D eigenvalue weighted by Crippen LogP contribution is -1.92. The smallest absolute Gasteiger partial charge is 0.127 e. The summed E-state index contributed by atoms with van der Waals surface area (Å²) in [5.74, 6) is 1.34. The van der Waals surface area contributed by atoms with Gasteiger partial charge in [0.25, 0.3) is 0 Å². The summed E-state index contributed by atoms with van der Waals surface area (Å²) in [5, 5.41) is 0. The highest BCUT2D eigenvalue weighted by Gasteiger charge is 2.04. The highest BCUT2D eigenvalue weighted by atomic mass is 79.9. The van der Waals surface area contributed by atoms with Gasteiger partial charge < -0.3 is 0 Å². The predicted octanol–water partition coefficient (Wildman–Crippen LogP) is 4.34. The first-order valence-corrected chi connectivity index (χ1v) is 6.47. The molecule has 0 bridgehead atoms. The van der Waals surface area contributed by atoms with Crippen molar-refractivity contribution < 1.29 is 0 Å². The van der Waals surface area contributed by atoms with Gasteiger partial charge in [0, 0.05) is 5.56 Å². The zero-order valence-corrected chi connectivity index (χ0v) is 11.8. The molecule has 0 unspecified atom stereocenters. The molecule has 0 spiro atoms. The van der Waals surface area contributed by atoms with E-state index in [1.165, 1.54) is 5.56 Å². The van der Waals surface area contributed by atoms with Crippen LogP contribution in [0.3, 0.4) is 0 Å². The van der Waals surface area contributed by atoms with Gasteiger partial charge in [-0.05, 0) is 40.4 Å². The average molecular weight is 291 g/mol. The summed E-state index contributed by atoms with van der Waals surface area (Å²) in [6.45, 7) is 6.29. The zero-order valence-electron chi connectivity index (χ0n) is 10.2. The number of hydrogen-bond donors (Lipinski definition) is 0. The van der Waals surface area contributed by atoms with Crippen LogP contribution < -0.4 is 0 Å². The highest BCUT2D eigenvalue weighted by Crippen LogP contribution is 2.22. The van der Waals surface area contributed by atoms with E-state index in [1.807, 2.05) is 13.0 Å². The lowest BCUT2D eigenvalue weighted by Gasteiger charge is -2.07. The highest BCUT2D eigenvalue weighted by molar-refractivity contribution is 9.10. The van der Waals surface area contributed by atoms with E-state index in [0.29, 0.717) is 5.92 Å². The summed E-state index contributed by atoms with van der Waals surface area (Å²) >= 11 is 3.40. The maximum Gasteiger partial charge on any atom is 0.127 e. The average Bonchev–Trinajstić information content (AvgIpc) is 2.28. The van der Waals surface area contributed by atoms with Gasteiger partial charge in [0.05, 0.1) is 5.69 Å². The maximum absolute atomic E-state index is 4.44. The number of nitrogens with zero attached hydrogens (tertiary/aromatic N) is 2. The van der Waals surface area contributed by atoms with Crippen molar-refractivity contribution in [3.8, 4) is 11.3 Å². The molecule has 3 heteroatoms. The second kappa shape index (κ2) is 4.96. The molecule has 0 saturated carbocycles. The molecule has 1 aromatic carbocycles. The third-order valence-electron chi connectivity index (χ3n) is 2.68. The van der Waals surface area contributed by atoms with E-state index >= 15 is 0 Å². The number of rotatable bonds is 2. The van der Waals surface area contributed by atoms with Crippen LogP contribution in [-0.4, -0.2) is 9.97 Å². The summed E-state index contributed by atoms with van der Waals surface area (Å²) < 4.78 is 0.827. The number of hydrogen-bond acceptors (Lipinski definition) is 2. The summed E-state index contributed by atoms with van der Waals surface area (Å²) in [6.07, 6.45) is 0. The Kier molecular flexibility index (Phi) is 3.57. The fraction of sp³-hybridized carbons (Fsp3) is 0.286. The van der Waals surface area contributed by atoms with Crippen molar-refractivity contribution in [1.82, 2.24) is 9.97 Å². The van der Waals surface area contributed by atoms with Crippen LogP contribution >= 0.6 is 15.9 Å². The molecule has 0 atom stereocenters. The first-order valence-electron chi connectivity index (χ1n) is 5.68. The van der Waals surface area contributed by atoms with Crippen molar-refractivity contribution in [3.05, 3.63) is 46.3 Å². The van der Waals surface area contributed by atoms with E-state index in [9.17, 15) is 0 Å². The summed E-state index contributed by atoms with van der Waals surface area (Å²) in [7, 11) is 0. The number of benzene rings is 1. The Labute approximate surface area is 110 Å². The van der Waals surface area contributed by atoms with Gasteiger partial charge in [0.2, 0.25) is 0 Å². The third-order valence-corrected chi connectivity index (χ3v) is 3.09. The van der Waals surface area contributed by atoms with Crippen molar-refractivity contribution in [1.29, 1.82) is 0 Å². The largest absolute Gasteiger partial charge is 0.233 e. The minimum atomic E-state index is 0.558. The molecule has 0 N–H and O–H groups in total. The lowest BCUT2D eigenvalue weighted by atomic mass is 10.0. The first kappa shape index (κ1) is 12.2. The zero-order chi connectivity index (χ0) is 12.4. The topological polar surface area (TPSA) is 25.8 Å². The molecule has 88 valence electrons. The molecular weight excluding hydrogens is 276 g/mol. The van der Waals surface area contributed by atoms with E-state index in [4.69, 9.17) is 0 Å². The minimum Gasteiger partial charge on any atom is -0.233 e. The fourth-order valence-corrected chi connectivity index (χ4v) is 2.19. The van der Waals surface area contributed by atoms with Crippen LogP contribution in [0.25, 0.3) is 11.3 Å². The van der Waals surface area contributed by atoms with Gasteiger partial charge >= 0.3 is 0 Å². The standard InChI is InChI=1S/C14H15BrN2/c1-9(2)11-4-6-12(7-5-11)13-8-14(15)17-10(3)16-13/h4-9H,1-3H3. The molecular formula is C14H15BrN2. The van der Waals surface area contributed by atoms with Gasteiger partial charge in [-0.1, -0.05) is 38.1 Å². The van der Waals surface area contributed by atoms with Gasteiger partial charge in [-0.15, -0.1) is 0 Å². The van der Waals surface area contributed by atoms with Gasteiger partial charge in [-0.25, -0.2) is 9.97 Å². The molecule has 2 rings (SSSR count). The summed E-state index contributed by atoms with van der Waals surface area (Å²) in [6, 6.07) is 10.5. The van der Waals surface area contributed by atoms with Crippen molar-refractivity contribution in [2.75, 3.05) is 0 Å². The second-order valence-electron chi connectivity index (χ2n) is 4.40. The molecule has 2 nitrogen and oxygen atoms in total. The Balaban J connectivity index is 2.39. The Morgan fingerprint density at radius 2 is 1.71 bits per heavy atom. The fourth-order valence-electron chi connectivity index (χ4n) is 1.72. The van der Waals surface area contributed by atoms with Gasteiger partial charge in [0.1, 0.15) is 10.4 Å². The molecule has 0 radical (unpaired) electrons. The molecule has 1 aromatic heterocycles. The van der Waals surface area contributed by atoms with Crippen molar-refractivity contribution in [2.45, 2.75) is 26.7 Å². The monoisotopic (exact) mass is 290 g/mol. The van der Waals surface area contributed by atoms with E-state index in [0.717, 1.165) is 21.7 Å². The summed E-state index contributed by atoms with van der Waals surface area (Å²) in [4.78, 5) is 8.65. The molecule has 0 aliphatic rings. The van der Waals surface area contributed by atoms with Crippen molar-refractivity contribution in [2.24, 2.45) is 0 Å². The van der Waals surface area contributed by atoms with Crippen molar-refractivity contribution in [3.63, 3.8) is 0 Å². The van der Waals surface area contributed by atoms with E-state index in [-0.39, 0.29) is 0 Å². The van der Waals surface area contributed by atoms with Crippen LogP contribution in [0.4, 0.5) is 0 Å². The second-order valence-corrected chi connectivity index (χ2v) is 5.21. The van der Waals surface area contributed by atoms with E-state index < -0.39 is 0 Å². The Morgan fingerprint density at radius 1 is 1.06 bits per heavy atom. The van der Waals surface area contributed by atoms with Crippen LogP contribution in [0.5, 0.6) is 0 Å². The Morgan fingerprint density at radius 3 is 2.24 bits per heavy atom. The Bertz CT molecular complexity index is 498.